The molecule has 0 aliphatic rings. The molecule has 0 spiro atoms. The molecule has 0 radical (unpaired) electrons. The third-order valence-corrected chi connectivity index (χ3v) is 2.20. The summed E-state index contributed by atoms with van der Waals surface area (Å²) in [6, 6.07) is 0. The number of aliphatic hydroxyl groups excluding tert-OH is 2. The second-order valence-corrected chi connectivity index (χ2v) is 3.93. The van der Waals surface area contributed by atoms with Crippen molar-refractivity contribution in [3.8, 4) is 0 Å². The van der Waals surface area contributed by atoms with E-state index in [9.17, 15) is 9.59 Å². The van der Waals surface area contributed by atoms with Gasteiger partial charge in [0.15, 0.2) is 0 Å². The molecule has 4 N–H and O–H groups in total. The van der Waals surface area contributed by atoms with Gasteiger partial charge in [-0.05, 0) is 12.8 Å². The number of amides is 2. The van der Waals surface area contributed by atoms with Crippen LogP contribution in [-0.2, 0) is 9.59 Å². The van der Waals surface area contributed by atoms with Gasteiger partial charge in [-0.1, -0.05) is 6.42 Å². The average molecular weight is 246 g/mol. The number of rotatable bonds is 9. The largest absolute Gasteiger partial charge is 0.394 e. The summed E-state index contributed by atoms with van der Waals surface area (Å²) < 4.78 is 0. The minimum absolute atomic E-state index is 0.0410. The van der Waals surface area contributed by atoms with Gasteiger partial charge in [0.25, 0.3) is 0 Å². The number of aliphatic hydroxyl groups is 2. The standard InChI is InChI=1S/C11H22N2O4/c1-9(15)12-6-4-2-3-5-11(17)13-7-10(16)8-14/h10,14,16H,2-8H2,1H3,(H,12,15)(H,13,17). The van der Waals surface area contributed by atoms with Crippen LogP contribution in [0.15, 0.2) is 0 Å². The Hall–Kier alpha value is -1.14. The molecule has 0 bridgehead atoms. The van der Waals surface area contributed by atoms with Crippen molar-refractivity contribution in [1.29, 1.82) is 0 Å². The van der Waals surface area contributed by atoms with Crippen LogP contribution >= 0.6 is 0 Å². The van der Waals surface area contributed by atoms with Gasteiger partial charge < -0.3 is 20.8 Å². The number of hydrogen-bond acceptors (Lipinski definition) is 4. The lowest BCUT2D eigenvalue weighted by atomic mass is 10.2. The van der Waals surface area contributed by atoms with E-state index in [0.717, 1.165) is 19.3 Å². The lowest BCUT2D eigenvalue weighted by Crippen LogP contribution is -2.33. The third-order valence-electron chi connectivity index (χ3n) is 2.20. The summed E-state index contributed by atoms with van der Waals surface area (Å²) in [6.45, 7) is 1.85. The first-order chi connectivity index (χ1) is 8.06. The molecule has 0 aromatic heterocycles. The van der Waals surface area contributed by atoms with Crippen LogP contribution in [0, 0.1) is 0 Å². The fraction of sp³-hybridized carbons (Fsp3) is 0.818. The second kappa shape index (κ2) is 10.0. The lowest BCUT2D eigenvalue weighted by molar-refractivity contribution is -0.122. The van der Waals surface area contributed by atoms with Crippen LogP contribution in [0.2, 0.25) is 0 Å². The molecule has 0 aliphatic heterocycles. The predicted octanol–water partition coefficient (Wildman–Crippen LogP) is -0.848. The molecular weight excluding hydrogens is 224 g/mol. The summed E-state index contributed by atoms with van der Waals surface area (Å²) in [7, 11) is 0. The molecule has 0 saturated heterocycles. The molecule has 2 amide bonds. The molecule has 0 saturated carbocycles. The van der Waals surface area contributed by atoms with Crippen molar-refractivity contribution in [1.82, 2.24) is 10.6 Å². The van der Waals surface area contributed by atoms with Crippen molar-refractivity contribution in [2.75, 3.05) is 19.7 Å². The van der Waals surface area contributed by atoms with E-state index in [-0.39, 0.29) is 25.0 Å². The van der Waals surface area contributed by atoms with Gasteiger partial charge in [-0.3, -0.25) is 9.59 Å². The van der Waals surface area contributed by atoms with Crippen LogP contribution in [0.4, 0.5) is 0 Å². The number of hydrogen-bond donors (Lipinski definition) is 4. The first-order valence-electron chi connectivity index (χ1n) is 5.86. The number of carbonyl (C=O) groups excluding carboxylic acids is 2. The zero-order chi connectivity index (χ0) is 13.1. The molecule has 6 heteroatoms. The molecule has 0 heterocycles. The van der Waals surface area contributed by atoms with Crippen LogP contribution in [0.3, 0.4) is 0 Å². The molecule has 17 heavy (non-hydrogen) atoms. The van der Waals surface area contributed by atoms with Crippen LogP contribution in [0.5, 0.6) is 0 Å². The summed E-state index contributed by atoms with van der Waals surface area (Å²) in [5.41, 5.74) is 0. The van der Waals surface area contributed by atoms with E-state index in [1.165, 1.54) is 6.92 Å². The van der Waals surface area contributed by atoms with E-state index < -0.39 is 6.10 Å². The summed E-state index contributed by atoms with van der Waals surface area (Å²) in [6.07, 6.45) is 1.99. The number of carbonyl (C=O) groups is 2. The molecule has 0 aliphatic carbocycles. The van der Waals surface area contributed by atoms with Crippen molar-refractivity contribution < 1.29 is 19.8 Å². The summed E-state index contributed by atoms with van der Waals surface area (Å²) in [4.78, 5) is 21.8. The highest BCUT2D eigenvalue weighted by Crippen LogP contribution is 1.98. The Kier molecular flexibility index (Phi) is 9.37. The maximum Gasteiger partial charge on any atom is 0.220 e. The monoisotopic (exact) mass is 246 g/mol. The zero-order valence-electron chi connectivity index (χ0n) is 10.2. The highest BCUT2D eigenvalue weighted by molar-refractivity contribution is 5.75. The molecule has 0 aromatic carbocycles. The molecule has 1 unspecified atom stereocenters. The Morgan fingerprint density at radius 2 is 1.88 bits per heavy atom. The first-order valence-corrected chi connectivity index (χ1v) is 5.86. The minimum Gasteiger partial charge on any atom is -0.394 e. The van der Waals surface area contributed by atoms with Gasteiger partial charge in [-0.15, -0.1) is 0 Å². The fourth-order valence-electron chi connectivity index (χ4n) is 1.24. The Morgan fingerprint density at radius 3 is 2.47 bits per heavy atom. The van der Waals surface area contributed by atoms with Crippen LogP contribution in [0.1, 0.15) is 32.6 Å². The van der Waals surface area contributed by atoms with E-state index >= 15 is 0 Å². The van der Waals surface area contributed by atoms with E-state index in [4.69, 9.17) is 10.2 Å². The molecule has 100 valence electrons. The number of nitrogens with one attached hydrogen (secondary N) is 2. The fourth-order valence-corrected chi connectivity index (χ4v) is 1.24. The van der Waals surface area contributed by atoms with Gasteiger partial charge in [0.1, 0.15) is 0 Å². The van der Waals surface area contributed by atoms with Gasteiger partial charge in [0.05, 0.1) is 12.7 Å². The third kappa shape index (κ3) is 11.1. The Bertz CT molecular complexity index is 234. The molecular formula is C11H22N2O4. The van der Waals surface area contributed by atoms with E-state index in [1.807, 2.05) is 0 Å². The van der Waals surface area contributed by atoms with Crippen LogP contribution in [-0.4, -0.2) is 47.8 Å². The van der Waals surface area contributed by atoms with Gasteiger partial charge in [-0.2, -0.15) is 0 Å². The summed E-state index contributed by atoms with van der Waals surface area (Å²) in [5, 5.41) is 22.7. The normalized spacial score (nSPS) is 11.9. The Balaban J connectivity index is 3.30. The van der Waals surface area contributed by atoms with E-state index in [2.05, 4.69) is 10.6 Å². The lowest BCUT2D eigenvalue weighted by Gasteiger charge is -2.08. The smallest absolute Gasteiger partial charge is 0.220 e. The maximum absolute atomic E-state index is 11.2. The molecule has 0 fully saturated rings. The first kappa shape index (κ1) is 15.9. The SMILES string of the molecule is CC(=O)NCCCCCC(=O)NCC(O)CO. The quantitative estimate of drug-likeness (QED) is 0.398. The summed E-state index contributed by atoms with van der Waals surface area (Å²) >= 11 is 0. The van der Waals surface area contributed by atoms with E-state index in [1.54, 1.807) is 0 Å². The van der Waals surface area contributed by atoms with Crippen LogP contribution < -0.4 is 10.6 Å². The molecule has 0 aromatic rings. The average Bonchev–Trinajstić information content (AvgIpc) is 2.30. The van der Waals surface area contributed by atoms with Crippen molar-refractivity contribution in [3.05, 3.63) is 0 Å². The van der Waals surface area contributed by atoms with Crippen molar-refractivity contribution in [2.24, 2.45) is 0 Å². The van der Waals surface area contributed by atoms with Crippen molar-refractivity contribution in [2.45, 2.75) is 38.7 Å². The predicted molar refractivity (Wildman–Crippen MR) is 63.3 cm³/mol. The Morgan fingerprint density at radius 1 is 1.18 bits per heavy atom. The zero-order valence-corrected chi connectivity index (χ0v) is 10.2. The molecule has 1 atom stereocenters. The molecule has 0 rings (SSSR count). The van der Waals surface area contributed by atoms with Gasteiger partial charge in [0, 0.05) is 26.4 Å². The van der Waals surface area contributed by atoms with Crippen molar-refractivity contribution >= 4 is 11.8 Å². The van der Waals surface area contributed by atoms with Gasteiger partial charge in [-0.25, -0.2) is 0 Å². The summed E-state index contributed by atoms with van der Waals surface area (Å²) in [5.74, 6) is -0.169. The van der Waals surface area contributed by atoms with Crippen LogP contribution in [0.25, 0.3) is 0 Å². The topological polar surface area (TPSA) is 98.7 Å². The van der Waals surface area contributed by atoms with E-state index in [0.29, 0.717) is 13.0 Å². The highest BCUT2D eigenvalue weighted by atomic mass is 16.3. The second-order valence-electron chi connectivity index (χ2n) is 3.93. The maximum atomic E-state index is 11.2. The minimum atomic E-state index is -0.890. The van der Waals surface area contributed by atoms with Crippen molar-refractivity contribution in [3.63, 3.8) is 0 Å². The number of unbranched alkanes of at least 4 members (excludes halogenated alkanes) is 2. The van der Waals surface area contributed by atoms with Gasteiger partial charge in [0.2, 0.25) is 11.8 Å². The Labute approximate surface area is 101 Å². The highest BCUT2D eigenvalue weighted by Gasteiger charge is 2.05. The van der Waals surface area contributed by atoms with Gasteiger partial charge >= 0.3 is 0 Å². The molecule has 6 nitrogen and oxygen atoms in total.